The first-order valence-corrected chi connectivity index (χ1v) is 4.01. The summed E-state index contributed by atoms with van der Waals surface area (Å²) in [6.07, 6.45) is 1.24. The van der Waals surface area contributed by atoms with E-state index in [2.05, 4.69) is 5.32 Å². The van der Waals surface area contributed by atoms with Gasteiger partial charge >= 0.3 is 6.98 Å². The quantitative estimate of drug-likeness (QED) is 0.587. The van der Waals surface area contributed by atoms with E-state index in [0.717, 1.165) is 6.54 Å². The molecule has 66 valence electrons. The van der Waals surface area contributed by atoms with Crippen LogP contribution in [0.3, 0.4) is 0 Å². The number of halogens is 3. The van der Waals surface area contributed by atoms with Gasteiger partial charge in [-0.2, -0.15) is 0 Å². The minimum atomic E-state index is -4.59. The van der Waals surface area contributed by atoms with E-state index in [4.69, 9.17) is 0 Å². The van der Waals surface area contributed by atoms with Gasteiger partial charge in [-0.15, -0.1) is 0 Å². The van der Waals surface area contributed by atoms with Crippen molar-refractivity contribution in [3.63, 3.8) is 0 Å². The summed E-state index contributed by atoms with van der Waals surface area (Å²) in [6, 6.07) is 0. The van der Waals surface area contributed by atoms with Crippen LogP contribution < -0.4 is 5.32 Å². The van der Waals surface area contributed by atoms with Crippen LogP contribution in [0.15, 0.2) is 0 Å². The second-order valence-corrected chi connectivity index (χ2v) is 3.07. The van der Waals surface area contributed by atoms with Gasteiger partial charge < -0.3 is 18.3 Å². The summed E-state index contributed by atoms with van der Waals surface area (Å²) < 4.78 is 36.5. The Morgan fingerprint density at radius 3 is 2.45 bits per heavy atom. The van der Waals surface area contributed by atoms with Crippen molar-refractivity contribution >= 4 is 6.98 Å². The molecule has 1 aliphatic heterocycles. The van der Waals surface area contributed by atoms with Gasteiger partial charge in [0.05, 0.1) is 0 Å². The van der Waals surface area contributed by atoms with Gasteiger partial charge in [-0.3, -0.25) is 0 Å². The van der Waals surface area contributed by atoms with Gasteiger partial charge in [0.2, 0.25) is 0 Å². The Labute approximate surface area is 64.4 Å². The normalized spacial score (nSPS) is 28.1. The van der Waals surface area contributed by atoms with Gasteiger partial charge in [0.1, 0.15) is 0 Å². The van der Waals surface area contributed by atoms with Crippen molar-refractivity contribution in [2.45, 2.75) is 25.1 Å². The van der Waals surface area contributed by atoms with Crippen LogP contribution >= 0.6 is 0 Å². The van der Waals surface area contributed by atoms with Gasteiger partial charge in [-0.05, 0) is 19.5 Å². The predicted molar refractivity (Wildman–Crippen MR) is 39.5 cm³/mol. The highest BCUT2D eigenvalue weighted by molar-refractivity contribution is 6.60. The minimum Gasteiger partial charge on any atom is -0.449 e. The SMILES string of the molecule is F[B-](F)(F)C1CCCNCC1. The number of nitrogens with one attached hydrogen (secondary N) is 1. The van der Waals surface area contributed by atoms with E-state index < -0.39 is 12.8 Å². The van der Waals surface area contributed by atoms with Gasteiger partial charge in [-0.25, -0.2) is 0 Å². The van der Waals surface area contributed by atoms with Gasteiger partial charge in [0.15, 0.2) is 0 Å². The van der Waals surface area contributed by atoms with Crippen molar-refractivity contribution in [2.75, 3.05) is 13.1 Å². The molecule has 0 aliphatic carbocycles. The van der Waals surface area contributed by atoms with Crippen molar-refractivity contribution in [3.8, 4) is 0 Å². The topological polar surface area (TPSA) is 12.0 Å². The molecule has 0 bridgehead atoms. The number of hydrogen-bond acceptors (Lipinski definition) is 1. The molecule has 5 heteroatoms. The number of hydrogen-bond donors (Lipinski definition) is 1. The van der Waals surface area contributed by atoms with Crippen molar-refractivity contribution in [3.05, 3.63) is 0 Å². The van der Waals surface area contributed by atoms with E-state index in [1.165, 1.54) is 0 Å². The molecular weight excluding hydrogens is 154 g/mol. The highest BCUT2D eigenvalue weighted by atomic mass is 19.4. The first kappa shape index (κ1) is 8.91. The third kappa shape index (κ3) is 2.73. The first-order chi connectivity index (χ1) is 5.11. The highest BCUT2D eigenvalue weighted by Crippen LogP contribution is 2.33. The molecule has 0 aromatic rings. The van der Waals surface area contributed by atoms with Gasteiger partial charge in [0, 0.05) is 0 Å². The largest absolute Gasteiger partial charge is 0.481 e. The molecule has 1 nitrogen and oxygen atoms in total. The standard InChI is InChI=1S/C6H12BF3N/c8-7(9,10)6-2-1-4-11-5-3-6/h6,11H,1-5H2/q-1. The first-order valence-electron chi connectivity index (χ1n) is 4.01. The molecule has 1 rings (SSSR count). The average molecular weight is 166 g/mol. The molecule has 0 aromatic heterocycles. The summed E-state index contributed by atoms with van der Waals surface area (Å²) in [6.45, 7) is -3.33. The molecule has 1 aliphatic rings. The lowest BCUT2D eigenvalue weighted by Gasteiger charge is -2.24. The van der Waals surface area contributed by atoms with E-state index in [9.17, 15) is 12.9 Å². The maximum absolute atomic E-state index is 12.2. The molecule has 0 aromatic carbocycles. The van der Waals surface area contributed by atoms with Crippen LogP contribution in [-0.4, -0.2) is 20.1 Å². The summed E-state index contributed by atoms with van der Waals surface area (Å²) in [5.74, 6) is -1.01. The Morgan fingerprint density at radius 2 is 1.82 bits per heavy atom. The van der Waals surface area contributed by atoms with Crippen LogP contribution in [0.4, 0.5) is 12.9 Å². The Morgan fingerprint density at radius 1 is 1.09 bits per heavy atom. The fourth-order valence-electron chi connectivity index (χ4n) is 1.42. The Balaban J connectivity index is 2.43. The Kier molecular flexibility index (Phi) is 2.81. The lowest BCUT2D eigenvalue weighted by atomic mass is 9.69. The zero-order valence-electron chi connectivity index (χ0n) is 6.32. The zero-order chi connectivity index (χ0) is 8.32. The second-order valence-electron chi connectivity index (χ2n) is 3.07. The van der Waals surface area contributed by atoms with E-state index in [-0.39, 0.29) is 6.42 Å². The summed E-state index contributed by atoms with van der Waals surface area (Å²) in [5, 5.41) is 2.96. The van der Waals surface area contributed by atoms with Crippen LogP contribution in [0.1, 0.15) is 19.3 Å². The third-order valence-corrected chi connectivity index (χ3v) is 2.15. The van der Waals surface area contributed by atoms with Crippen LogP contribution in [0.25, 0.3) is 0 Å². The van der Waals surface area contributed by atoms with Crippen molar-refractivity contribution < 1.29 is 12.9 Å². The molecule has 1 fully saturated rings. The van der Waals surface area contributed by atoms with Crippen LogP contribution in [0.2, 0.25) is 5.82 Å². The van der Waals surface area contributed by atoms with E-state index in [0.29, 0.717) is 19.4 Å². The maximum atomic E-state index is 12.2. The molecule has 0 radical (unpaired) electrons. The Hall–Kier alpha value is -0.185. The van der Waals surface area contributed by atoms with Crippen molar-refractivity contribution in [1.29, 1.82) is 0 Å². The predicted octanol–water partition coefficient (Wildman–Crippen LogP) is 1.98. The van der Waals surface area contributed by atoms with Crippen LogP contribution in [-0.2, 0) is 0 Å². The molecule has 1 heterocycles. The van der Waals surface area contributed by atoms with Gasteiger partial charge in [-0.1, -0.05) is 18.7 Å². The second kappa shape index (κ2) is 3.47. The summed E-state index contributed by atoms with van der Waals surface area (Å²) in [7, 11) is 0. The molecule has 0 spiro atoms. The summed E-state index contributed by atoms with van der Waals surface area (Å²) >= 11 is 0. The lowest BCUT2D eigenvalue weighted by Crippen LogP contribution is -2.25. The fourth-order valence-corrected chi connectivity index (χ4v) is 1.42. The van der Waals surface area contributed by atoms with Gasteiger partial charge in [0.25, 0.3) is 0 Å². The Bertz CT molecular complexity index is 117. The van der Waals surface area contributed by atoms with Crippen molar-refractivity contribution in [1.82, 2.24) is 5.32 Å². The van der Waals surface area contributed by atoms with Crippen molar-refractivity contribution in [2.24, 2.45) is 0 Å². The molecule has 1 saturated heterocycles. The summed E-state index contributed by atoms with van der Waals surface area (Å²) in [4.78, 5) is 0. The highest BCUT2D eigenvalue weighted by Gasteiger charge is 2.34. The lowest BCUT2D eigenvalue weighted by molar-refractivity contribution is 0.417. The molecule has 0 amide bonds. The molecular formula is C6H12BF3N-. The molecule has 1 unspecified atom stereocenters. The zero-order valence-corrected chi connectivity index (χ0v) is 6.32. The third-order valence-electron chi connectivity index (χ3n) is 2.15. The molecule has 1 N–H and O–H groups in total. The van der Waals surface area contributed by atoms with Crippen LogP contribution in [0, 0.1) is 0 Å². The monoisotopic (exact) mass is 166 g/mol. The van der Waals surface area contributed by atoms with E-state index in [1.807, 2.05) is 0 Å². The molecule has 0 saturated carbocycles. The summed E-state index contributed by atoms with van der Waals surface area (Å²) in [5.41, 5.74) is 0. The fraction of sp³-hybridized carbons (Fsp3) is 1.00. The smallest absolute Gasteiger partial charge is 0.449 e. The molecule has 11 heavy (non-hydrogen) atoms. The average Bonchev–Trinajstić information content (AvgIpc) is 2.10. The number of rotatable bonds is 1. The van der Waals surface area contributed by atoms with E-state index >= 15 is 0 Å². The maximum Gasteiger partial charge on any atom is 0.481 e. The van der Waals surface area contributed by atoms with E-state index in [1.54, 1.807) is 0 Å². The van der Waals surface area contributed by atoms with Crippen LogP contribution in [0.5, 0.6) is 0 Å². The molecule has 1 atom stereocenters. The minimum absolute atomic E-state index is 0.267.